The van der Waals surface area contributed by atoms with Crippen molar-refractivity contribution in [3.63, 3.8) is 0 Å². The summed E-state index contributed by atoms with van der Waals surface area (Å²) in [5.41, 5.74) is 0. The highest BCUT2D eigenvalue weighted by molar-refractivity contribution is 7.99. The van der Waals surface area contributed by atoms with E-state index in [0.717, 1.165) is 36.8 Å². The average Bonchev–Trinajstić information content (AvgIpc) is 2.46. The molecule has 2 rings (SSSR count). The first-order valence-electron chi connectivity index (χ1n) is 7.07. The topological polar surface area (TPSA) is 49.8 Å². The van der Waals surface area contributed by atoms with E-state index in [9.17, 15) is 4.79 Å². The molecule has 1 unspecified atom stereocenters. The first-order chi connectivity index (χ1) is 10.1. The van der Waals surface area contributed by atoms with Gasteiger partial charge in [0.05, 0.1) is 13.0 Å². The second-order valence-electron chi connectivity index (χ2n) is 5.02. The zero-order chi connectivity index (χ0) is 15.1. The van der Waals surface area contributed by atoms with Gasteiger partial charge in [-0.15, -0.1) is 0 Å². The Hall–Kier alpha value is -0.910. The highest BCUT2D eigenvalue weighted by Gasteiger charge is 2.24. The predicted octanol–water partition coefficient (Wildman–Crippen LogP) is 3.00. The summed E-state index contributed by atoms with van der Waals surface area (Å²) < 4.78 is 5.66. The molecular weight excluding hydrogens is 310 g/mol. The lowest BCUT2D eigenvalue weighted by atomic mass is 10.2. The SMILES string of the molecule is O=C(O)CC1CSCCN1CCCOc1ccc(Cl)cc1. The summed E-state index contributed by atoms with van der Waals surface area (Å²) in [6.45, 7) is 2.47. The molecule has 1 atom stereocenters. The molecule has 1 aromatic carbocycles. The molecule has 0 spiro atoms. The standard InChI is InChI=1S/C15H20ClNO3S/c16-12-2-4-14(5-3-12)20-8-1-6-17-7-9-21-11-13(17)10-15(18)19/h2-5,13H,1,6-11H2,(H,18,19). The van der Waals surface area contributed by atoms with Crippen LogP contribution in [0.15, 0.2) is 24.3 Å². The third-order valence-corrected chi connectivity index (χ3v) is 4.78. The van der Waals surface area contributed by atoms with Gasteiger partial charge in [-0.25, -0.2) is 0 Å². The molecule has 6 heteroatoms. The first-order valence-corrected chi connectivity index (χ1v) is 8.60. The van der Waals surface area contributed by atoms with E-state index in [4.69, 9.17) is 21.4 Å². The maximum atomic E-state index is 10.9. The molecule has 1 aliphatic rings. The molecule has 1 N–H and O–H groups in total. The van der Waals surface area contributed by atoms with Crippen LogP contribution in [0.5, 0.6) is 5.75 Å². The molecule has 1 fully saturated rings. The molecule has 1 heterocycles. The van der Waals surface area contributed by atoms with Crippen molar-refractivity contribution in [2.24, 2.45) is 0 Å². The minimum absolute atomic E-state index is 0.150. The normalized spacial score (nSPS) is 19.4. The third kappa shape index (κ3) is 5.77. The molecule has 0 aromatic heterocycles. The Labute approximate surface area is 134 Å². The van der Waals surface area contributed by atoms with Crippen molar-refractivity contribution in [2.75, 3.05) is 31.2 Å². The van der Waals surface area contributed by atoms with Crippen LogP contribution in [0.2, 0.25) is 5.02 Å². The summed E-state index contributed by atoms with van der Waals surface area (Å²) in [6.07, 6.45) is 1.12. The number of carboxylic acids is 1. The lowest BCUT2D eigenvalue weighted by Crippen LogP contribution is -2.44. The van der Waals surface area contributed by atoms with E-state index in [1.165, 1.54) is 0 Å². The van der Waals surface area contributed by atoms with Crippen molar-refractivity contribution in [1.29, 1.82) is 0 Å². The predicted molar refractivity (Wildman–Crippen MR) is 86.5 cm³/mol. The highest BCUT2D eigenvalue weighted by atomic mass is 35.5. The molecule has 0 saturated carbocycles. The van der Waals surface area contributed by atoms with Gasteiger partial charge in [0.25, 0.3) is 0 Å². The number of ether oxygens (including phenoxy) is 1. The van der Waals surface area contributed by atoms with E-state index in [-0.39, 0.29) is 12.5 Å². The van der Waals surface area contributed by atoms with Gasteiger partial charge >= 0.3 is 5.97 Å². The molecule has 0 aliphatic carbocycles. The number of hydrogen-bond donors (Lipinski definition) is 1. The molecule has 116 valence electrons. The minimum atomic E-state index is -0.718. The summed E-state index contributed by atoms with van der Waals surface area (Å²) in [7, 11) is 0. The van der Waals surface area contributed by atoms with Gasteiger partial charge < -0.3 is 9.84 Å². The lowest BCUT2D eigenvalue weighted by Gasteiger charge is -2.34. The van der Waals surface area contributed by atoms with Crippen molar-refractivity contribution in [3.05, 3.63) is 29.3 Å². The number of halogens is 1. The lowest BCUT2D eigenvalue weighted by molar-refractivity contribution is -0.138. The van der Waals surface area contributed by atoms with E-state index >= 15 is 0 Å². The number of carboxylic acid groups (broad SMARTS) is 1. The van der Waals surface area contributed by atoms with Crippen LogP contribution in [0.4, 0.5) is 0 Å². The largest absolute Gasteiger partial charge is 0.494 e. The Morgan fingerprint density at radius 1 is 1.43 bits per heavy atom. The maximum absolute atomic E-state index is 10.9. The van der Waals surface area contributed by atoms with E-state index < -0.39 is 5.97 Å². The van der Waals surface area contributed by atoms with Crippen LogP contribution < -0.4 is 4.74 Å². The summed E-state index contributed by atoms with van der Waals surface area (Å²) in [5, 5.41) is 9.65. The van der Waals surface area contributed by atoms with Crippen LogP contribution >= 0.6 is 23.4 Å². The Balaban J connectivity index is 1.71. The molecule has 0 bridgehead atoms. The third-order valence-electron chi connectivity index (χ3n) is 3.43. The van der Waals surface area contributed by atoms with Crippen LogP contribution in [0, 0.1) is 0 Å². The van der Waals surface area contributed by atoms with Gasteiger partial charge in [-0.3, -0.25) is 9.69 Å². The van der Waals surface area contributed by atoms with Crippen molar-refractivity contribution in [3.8, 4) is 5.75 Å². The monoisotopic (exact) mass is 329 g/mol. The average molecular weight is 330 g/mol. The molecule has 21 heavy (non-hydrogen) atoms. The Morgan fingerprint density at radius 3 is 2.90 bits per heavy atom. The van der Waals surface area contributed by atoms with Crippen molar-refractivity contribution >= 4 is 29.3 Å². The number of hydrogen-bond acceptors (Lipinski definition) is 4. The molecule has 0 radical (unpaired) electrons. The van der Waals surface area contributed by atoms with Crippen LogP contribution in [-0.2, 0) is 4.79 Å². The molecule has 0 amide bonds. The van der Waals surface area contributed by atoms with Gasteiger partial charge in [-0.2, -0.15) is 11.8 Å². The quantitative estimate of drug-likeness (QED) is 0.779. The summed E-state index contributed by atoms with van der Waals surface area (Å²) >= 11 is 7.66. The van der Waals surface area contributed by atoms with Crippen molar-refractivity contribution in [1.82, 2.24) is 4.90 Å². The fraction of sp³-hybridized carbons (Fsp3) is 0.533. The number of benzene rings is 1. The Kier molecular flexibility index (Phi) is 6.67. The fourth-order valence-corrected chi connectivity index (χ4v) is 3.62. The molecule has 1 aromatic rings. The van der Waals surface area contributed by atoms with Gasteiger partial charge in [0.1, 0.15) is 5.75 Å². The van der Waals surface area contributed by atoms with E-state index in [1.54, 1.807) is 0 Å². The number of nitrogens with zero attached hydrogens (tertiary/aromatic N) is 1. The first kappa shape index (κ1) is 16.5. The van der Waals surface area contributed by atoms with Crippen molar-refractivity contribution < 1.29 is 14.6 Å². The molecular formula is C15H20ClNO3S. The molecule has 1 aliphatic heterocycles. The van der Waals surface area contributed by atoms with Crippen LogP contribution in [0.1, 0.15) is 12.8 Å². The van der Waals surface area contributed by atoms with Gasteiger partial charge in [0.2, 0.25) is 0 Å². The van der Waals surface area contributed by atoms with E-state index in [2.05, 4.69) is 4.90 Å². The summed E-state index contributed by atoms with van der Waals surface area (Å²) in [5.74, 6) is 2.08. The zero-order valence-electron chi connectivity index (χ0n) is 11.8. The zero-order valence-corrected chi connectivity index (χ0v) is 13.4. The van der Waals surface area contributed by atoms with Gasteiger partial charge in [0, 0.05) is 35.7 Å². The smallest absolute Gasteiger partial charge is 0.304 e. The van der Waals surface area contributed by atoms with Crippen molar-refractivity contribution in [2.45, 2.75) is 18.9 Å². The van der Waals surface area contributed by atoms with Gasteiger partial charge in [0.15, 0.2) is 0 Å². The van der Waals surface area contributed by atoms with Gasteiger partial charge in [-0.05, 0) is 30.7 Å². The Morgan fingerprint density at radius 2 is 2.19 bits per heavy atom. The maximum Gasteiger partial charge on any atom is 0.304 e. The van der Waals surface area contributed by atoms with E-state index in [1.807, 2.05) is 36.0 Å². The second-order valence-corrected chi connectivity index (χ2v) is 6.60. The van der Waals surface area contributed by atoms with Gasteiger partial charge in [-0.1, -0.05) is 11.6 Å². The summed E-state index contributed by atoms with van der Waals surface area (Å²) in [4.78, 5) is 13.2. The second kappa shape index (κ2) is 8.51. The van der Waals surface area contributed by atoms with Crippen LogP contribution in [0.25, 0.3) is 0 Å². The van der Waals surface area contributed by atoms with E-state index in [0.29, 0.717) is 11.6 Å². The number of thioether (sulfide) groups is 1. The number of rotatable bonds is 7. The molecule has 1 saturated heterocycles. The number of carbonyl (C=O) groups is 1. The Bertz CT molecular complexity index is 455. The summed E-state index contributed by atoms with van der Waals surface area (Å²) in [6, 6.07) is 7.47. The fourth-order valence-electron chi connectivity index (χ4n) is 2.36. The van der Waals surface area contributed by atoms with Crippen LogP contribution in [0.3, 0.4) is 0 Å². The molecule has 4 nitrogen and oxygen atoms in total. The van der Waals surface area contributed by atoms with Crippen LogP contribution in [-0.4, -0.2) is 53.2 Å². The number of aliphatic carboxylic acids is 1. The highest BCUT2D eigenvalue weighted by Crippen LogP contribution is 2.19. The minimum Gasteiger partial charge on any atom is -0.494 e.